The SMILES string of the molecule is Cc1noc(CN(CC2CCN(Cc3ccccc3C)CC2)C[C@H]2CCCO2)n1. The molecule has 1 atom stereocenters. The number of aromatic nitrogens is 2. The van der Waals surface area contributed by atoms with E-state index in [0.29, 0.717) is 17.8 Å². The van der Waals surface area contributed by atoms with Crippen molar-refractivity contribution in [3.05, 3.63) is 47.1 Å². The molecule has 2 aliphatic heterocycles. The molecule has 0 radical (unpaired) electrons. The lowest BCUT2D eigenvalue weighted by Crippen LogP contribution is -2.40. The minimum Gasteiger partial charge on any atom is -0.377 e. The zero-order valence-corrected chi connectivity index (χ0v) is 17.8. The van der Waals surface area contributed by atoms with E-state index in [-0.39, 0.29) is 0 Å². The third kappa shape index (κ3) is 5.87. The van der Waals surface area contributed by atoms with Crippen LogP contribution in [-0.2, 0) is 17.8 Å². The molecule has 1 aromatic heterocycles. The van der Waals surface area contributed by atoms with Gasteiger partial charge in [-0.25, -0.2) is 0 Å². The summed E-state index contributed by atoms with van der Waals surface area (Å²) in [4.78, 5) is 9.50. The summed E-state index contributed by atoms with van der Waals surface area (Å²) in [5.41, 5.74) is 2.85. The minimum atomic E-state index is 0.347. The fraction of sp³-hybridized carbons (Fsp3) is 0.652. The summed E-state index contributed by atoms with van der Waals surface area (Å²) in [6.45, 7) is 11.2. The first kappa shape index (κ1) is 20.5. The molecule has 1 aromatic carbocycles. The Kier molecular flexibility index (Phi) is 6.95. The Labute approximate surface area is 174 Å². The molecule has 0 aliphatic carbocycles. The maximum Gasteiger partial charge on any atom is 0.240 e. The number of benzene rings is 1. The minimum absolute atomic E-state index is 0.347. The average molecular weight is 399 g/mol. The third-order valence-corrected chi connectivity index (χ3v) is 6.29. The number of hydrogen-bond acceptors (Lipinski definition) is 6. The molecule has 2 fully saturated rings. The maximum absolute atomic E-state index is 5.89. The number of nitrogens with zero attached hydrogens (tertiary/aromatic N) is 4. The van der Waals surface area contributed by atoms with Gasteiger partial charge < -0.3 is 9.26 Å². The third-order valence-electron chi connectivity index (χ3n) is 6.29. The van der Waals surface area contributed by atoms with Crippen molar-refractivity contribution in [2.45, 2.75) is 58.7 Å². The molecule has 0 N–H and O–H groups in total. The van der Waals surface area contributed by atoms with Crippen LogP contribution in [0.25, 0.3) is 0 Å². The van der Waals surface area contributed by atoms with E-state index >= 15 is 0 Å². The Balaban J connectivity index is 1.30. The van der Waals surface area contributed by atoms with E-state index in [1.165, 1.54) is 43.5 Å². The van der Waals surface area contributed by atoms with Gasteiger partial charge in [-0.15, -0.1) is 0 Å². The van der Waals surface area contributed by atoms with Crippen LogP contribution in [0.3, 0.4) is 0 Å². The summed E-state index contributed by atoms with van der Waals surface area (Å²) in [7, 11) is 0. The number of piperidine rings is 1. The van der Waals surface area contributed by atoms with Crippen molar-refractivity contribution in [1.29, 1.82) is 0 Å². The first-order chi connectivity index (χ1) is 14.2. The van der Waals surface area contributed by atoms with Gasteiger partial charge in [-0.05, 0) is 69.7 Å². The normalized spacial score (nSPS) is 21.3. The van der Waals surface area contributed by atoms with Crippen LogP contribution in [-0.4, -0.2) is 58.8 Å². The second kappa shape index (κ2) is 9.83. The van der Waals surface area contributed by atoms with Crippen LogP contribution in [0.15, 0.2) is 28.8 Å². The van der Waals surface area contributed by atoms with Crippen molar-refractivity contribution < 1.29 is 9.26 Å². The van der Waals surface area contributed by atoms with Gasteiger partial charge in [0.2, 0.25) is 5.89 Å². The van der Waals surface area contributed by atoms with E-state index < -0.39 is 0 Å². The monoisotopic (exact) mass is 398 g/mol. The molecule has 2 saturated heterocycles. The highest BCUT2D eigenvalue weighted by Gasteiger charge is 2.26. The van der Waals surface area contributed by atoms with Gasteiger partial charge in [-0.3, -0.25) is 9.80 Å². The molecule has 3 heterocycles. The maximum atomic E-state index is 5.89. The Morgan fingerprint density at radius 1 is 1.10 bits per heavy atom. The molecular formula is C23H34N4O2. The smallest absolute Gasteiger partial charge is 0.240 e. The molecule has 2 aromatic rings. The van der Waals surface area contributed by atoms with Crippen molar-refractivity contribution in [2.24, 2.45) is 5.92 Å². The lowest BCUT2D eigenvalue weighted by Gasteiger charge is -2.35. The first-order valence-electron chi connectivity index (χ1n) is 11.1. The predicted octanol–water partition coefficient (Wildman–Crippen LogP) is 3.58. The zero-order chi connectivity index (χ0) is 20.1. The molecule has 0 spiro atoms. The number of hydrogen-bond donors (Lipinski definition) is 0. The van der Waals surface area contributed by atoms with Gasteiger partial charge >= 0.3 is 0 Å². The van der Waals surface area contributed by atoms with Crippen molar-refractivity contribution in [1.82, 2.24) is 19.9 Å². The summed E-state index contributed by atoms with van der Waals surface area (Å²) in [6, 6.07) is 8.75. The van der Waals surface area contributed by atoms with Crippen molar-refractivity contribution >= 4 is 0 Å². The lowest BCUT2D eigenvalue weighted by molar-refractivity contribution is 0.0529. The molecule has 6 nitrogen and oxygen atoms in total. The molecule has 4 rings (SSSR count). The van der Waals surface area contributed by atoms with Gasteiger partial charge in [0, 0.05) is 26.2 Å². The van der Waals surface area contributed by atoms with Crippen LogP contribution in [0.4, 0.5) is 0 Å². The Bertz CT molecular complexity index is 764. The second-order valence-corrected chi connectivity index (χ2v) is 8.71. The highest BCUT2D eigenvalue weighted by atomic mass is 16.5. The van der Waals surface area contributed by atoms with E-state index in [1.807, 2.05) is 6.92 Å². The summed E-state index contributed by atoms with van der Waals surface area (Å²) in [5.74, 6) is 2.15. The van der Waals surface area contributed by atoms with Gasteiger partial charge in [0.25, 0.3) is 0 Å². The number of rotatable bonds is 8. The average Bonchev–Trinajstić information content (AvgIpc) is 3.37. The predicted molar refractivity (Wildman–Crippen MR) is 112 cm³/mol. The van der Waals surface area contributed by atoms with Gasteiger partial charge in [0.1, 0.15) is 0 Å². The summed E-state index contributed by atoms with van der Waals surface area (Å²) >= 11 is 0. The summed E-state index contributed by atoms with van der Waals surface area (Å²) < 4.78 is 11.3. The summed E-state index contributed by atoms with van der Waals surface area (Å²) in [5, 5.41) is 3.95. The van der Waals surface area contributed by atoms with Crippen LogP contribution in [0.1, 0.15) is 48.5 Å². The molecule has 2 aliphatic rings. The molecule has 0 unspecified atom stereocenters. The molecule has 0 saturated carbocycles. The zero-order valence-electron chi connectivity index (χ0n) is 17.8. The van der Waals surface area contributed by atoms with E-state index in [1.54, 1.807) is 0 Å². The van der Waals surface area contributed by atoms with Crippen LogP contribution in [0, 0.1) is 19.8 Å². The Morgan fingerprint density at radius 3 is 2.62 bits per heavy atom. The molecule has 0 bridgehead atoms. The van der Waals surface area contributed by atoms with Crippen molar-refractivity contribution in [2.75, 3.05) is 32.8 Å². The largest absolute Gasteiger partial charge is 0.377 e. The first-order valence-corrected chi connectivity index (χ1v) is 11.1. The molecule has 0 amide bonds. The quantitative estimate of drug-likeness (QED) is 0.677. The van der Waals surface area contributed by atoms with Crippen molar-refractivity contribution in [3.8, 4) is 0 Å². The molecular weight excluding hydrogens is 364 g/mol. The van der Waals surface area contributed by atoms with Crippen LogP contribution < -0.4 is 0 Å². The van der Waals surface area contributed by atoms with Crippen LogP contribution in [0.5, 0.6) is 0 Å². The van der Waals surface area contributed by atoms with Gasteiger partial charge in [-0.1, -0.05) is 29.4 Å². The number of likely N-dealkylation sites (tertiary alicyclic amines) is 1. The topological polar surface area (TPSA) is 54.6 Å². The number of ether oxygens (including phenoxy) is 1. The van der Waals surface area contributed by atoms with Crippen LogP contribution in [0.2, 0.25) is 0 Å². The standard InChI is InChI=1S/C23H34N4O2/c1-18-6-3-4-7-21(18)15-26-11-9-20(10-12-26)14-27(16-22-8-5-13-28-22)17-23-24-19(2)25-29-23/h3-4,6-7,20,22H,5,8-17H2,1-2H3/t22-/m1/s1. The van der Waals surface area contributed by atoms with E-state index in [2.05, 4.69) is 51.1 Å². The Morgan fingerprint density at radius 2 is 1.93 bits per heavy atom. The van der Waals surface area contributed by atoms with Crippen LogP contribution >= 0.6 is 0 Å². The van der Waals surface area contributed by atoms with Gasteiger partial charge in [0.15, 0.2) is 5.82 Å². The fourth-order valence-corrected chi connectivity index (χ4v) is 4.60. The fourth-order valence-electron chi connectivity index (χ4n) is 4.60. The van der Waals surface area contributed by atoms with Gasteiger partial charge in [0.05, 0.1) is 12.6 Å². The van der Waals surface area contributed by atoms with Gasteiger partial charge in [-0.2, -0.15) is 4.98 Å². The molecule has 6 heteroatoms. The van der Waals surface area contributed by atoms with Crippen molar-refractivity contribution in [3.63, 3.8) is 0 Å². The van der Waals surface area contributed by atoms with E-state index in [0.717, 1.165) is 45.1 Å². The molecule has 29 heavy (non-hydrogen) atoms. The van der Waals surface area contributed by atoms with E-state index in [4.69, 9.17) is 9.26 Å². The molecule has 158 valence electrons. The number of aryl methyl sites for hydroxylation is 2. The second-order valence-electron chi connectivity index (χ2n) is 8.71. The van der Waals surface area contributed by atoms with E-state index in [9.17, 15) is 0 Å². The highest BCUT2D eigenvalue weighted by molar-refractivity contribution is 5.25. The summed E-state index contributed by atoms with van der Waals surface area (Å²) in [6.07, 6.45) is 5.18. The highest BCUT2D eigenvalue weighted by Crippen LogP contribution is 2.23. The Hall–Kier alpha value is -1.76. The lowest BCUT2D eigenvalue weighted by atomic mass is 9.95.